The third-order valence-electron chi connectivity index (χ3n) is 6.08. The molecule has 148 valence electrons. The minimum Gasteiger partial charge on any atom is -0.439 e. The molecule has 2 aromatic rings. The highest BCUT2D eigenvalue weighted by Gasteiger charge is 2.40. The number of carbonyl (C=O) groups is 1. The Kier molecular flexibility index (Phi) is 5.57. The fourth-order valence-electron chi connectivity index (χ4n) is 4.54. The van der Waals surface area contributed by atoms with E-state index < -0.39 is 0 Å². The SMILES string of the molecule is NC1C2CCCC1CC(C(=O)NCc1ccc(Oc3ccc(F)cc3)nc1)C2. The maximum Gasteiger partial charge on any atom is 0.223 e. The number of hydrogen-bond acceptors (Lipinski definition) is 4. The van der Waals surface area contributed by atoms with Crippen molar-refractivity contribution < 1.29 is 13.9 Å². The molecule has 2 bridgehead atoms. The molecule has 0 saturated heterocycles. The van der Waals surface area contributed by atoms with Crippen LogP contribution in [0.2, 0.25) is 0 Å². The maximum atomic E-state index is 12.9. The summed E-state index contributed by atoms with van der Waals surface area (Å²) in [4.78, 5) is 16.9. The molecular weight excluding hydrogens is 357 g/mol. The summed E-state index contributed by atoms with van der Waals surface area (Å²) in [6, 6.07) is 9.67. The quantitative estimate of drug-likeness (QED) is 0.824. The zero-order valence-corrected chi connectivity index (χ0v) is 15.8. The molecule has 0 aliphatic heterocycles. The number of rotatable bonds is 5. The number of halogens is 1. The van der Waals surface area contributed by atoms with E-state index in [4.69, 9.17) is 10.5 Å². The van der Waals surface area contributed by atoms with Crippen molar-refractivity contribution in [2.45, 2.75) is 44.7 Å². The molecule has 0 radical (unpaired) electrons. The first-order valence-electron chi connectivity index (χ1n) is 10.00. The Hall–Kier alpha value is -2.47. The summed E-state index contributed by atoms with van der Waals surface area (Å²) in [6.45, 7) is 0.445. The Balaban J connectivity index is 1.29. The Morgan fingerprint density at radius 2 is 1.86 bits per heavy atom. The zero-order valence-electron chi connectivity index (χ0n) is 15.8. The van der Waals surface area contributed by atoms with E-state index in [2.05, 4.69) is 10.3 Å². The Bertz CT molecular complexity index is 796. The van der Waals surface area contributed by atoms with Gasteiger partial charge >= 0.3 is 0 Å². The van der Waals surface area contributed by atoms with Crippen LogP contribution in [0.25, 0.3) is 0 Å². The van der Waals surface area contributed by atoms with Gasteiger partial charge in [0.15, 0.2) is 0 Å². The molecule has 1 amide bonds. The van der Waals surface area contributed by atoms with Gasteiger partial charge in [0.25, 0.3) is 0 Å². The van der Waals surface area contributed by atoms with Gasteiger partial charge in [0, 0.05) is 30.8 Å². The molecule has 0 spiro atoms. The van der Waals surface area contributed by atoms with Gasteiger partial charge in [0.2, 0.25) is 11.8 Å². The number of amides is 1. The van der Waals surface area contributed by atoms with Gasteiger partial charge in [-0.2, -0.15) is 0 Å². The van der Waals surface area contributed by atoms with Crippen molar-refractivity contribution in [2.75, 3.05) is 0 Å². The number of benzene rings is 1. The van der Waals surface area contributed by atoms with Gasteiger partial charge in [0.1, 0.15) is 11.6 Å². The van der Waals surface area contributed by atoms with Crippen LogP contribution < -0.4 is 15.8 Å². The molecule has 1 aromatic carbocycles. The Morgan fingerprint density at radius 1 is 1.14 bits per heavy atom. The first-order valence-corrected chi connectivity index (χ1v) is 10.00. The van der Waals surface area contributed by atoms with Crippen LogP contribution in [0.4, 0.5) is 4.39 Å². The van der Waals surface area contributed by atoms with Crippen LogP contribution in [0.3, 0.4) is 0 Å². The molecule has 4 rings (SSSR count). The minimum atomic E-state index is -0.310. The van der Waals surface area contributed by atoms with Crippen LogP contribution in [0.15, 0.2) is 42.6 Å². The zero-order chi connectivity index (χ0) is 19.5. The third-order valence-corrected chi connectivity index (χ3v) is 6.08. The second-order valence-corrected chi connectivity index (χ2v) is 7.98. The molecule has 5 nitrogen and oxygen atoms in total. The van der Waals surface area contributed by atoms with Crippen LogP contribution in [-0.2, 0) is 11.3 Å². The van der Waals surface area contributed by atoms with Gasteiger partial charge < -0.3 is 15.8 Å². The summed E-state index contributed by atoms with van der Waals surface area (Å²) < 4.78 is 18.5. The molecule has 28 heavy (non-hydrogen) atoms. The number of aromatic nitrogens is 1. The molecule has 3 N–H and O–H groups in total. The highest BCUT2D eigenvalue weighted by molar-refractivity contribution is 5.78. The minimum absolute atomic E-state index is 0.0733. The molecule has 2 aliphatic rings. The van der Waals surface area contributed by atoms with Crippen molar-refractivity contribution in [3.63, 3.8) is 0 Å². The van der Waals surface area contributed by atoms with Crippen molar-refractivity contribution in [3.05, 3.63) is 54.0 Å². The lowest BCUT2D eigenvalue weighted by Gasteiger charge is -2.43. The van der Waals surface area contributed by atoms with Crippen molar-refractivity contribution in [3.8, 4) is 11.6 Å². The van der Waals surface area contributed by atoms with Crippen molar-refractivity contribution in [1.82, 2.24) is 10.3 Å². The summed E-state index contributed by atoms with van der Waals surface area (Å²) in [5, 5.41) is 3.05. The van der Waals surface area contributed by atoms with E-state index in [1.54, 1.807) is 24.4 Å². The van der Waals surface area contributed by atoms with E-state index in [1.807, 2.05) is 6.07 Å². The van der Waals surface area contributed by atoms with E-state index in [9.17, 15) is 9.18 Å². The van der Waals surface area contributed by atoms with Crippen molar-refractivity contribution in [1.29, 1.82) is 0 Å². The number of nitrogens with zero attached hydrogens (tertiary/aromatic N) is 1. The summed E-state index contributed by atoms with van der Waals surface area (Å²) in [5.74, 6) is 1.82. The lowest BCUT2D eigenvalue weighted by Crippen LogP contribution is -2.49. The molecule has 2 aliphatic carbocycles. The van der Waals surface area contributed by atoms with E-state index in [-0.39, 0.29) is 23.7 Å². The van der Waals surface area contributed by atoms with Gasteiger partial charge in [-0.05, 0) is 67.3 Å². The van der Waals surface area contributed by atoms with Crippen LogP contribution >= 0.6 is 0 Å². The molecule has 1 aromatic heterocycles. The summed E-state index contributed by atoms with van der Waals surface area (Å²) in [6.07, 6.45) is 7.06. The number of carbonyl (C=O) groups excluding carboxylic acids is 1. The van der Waals surface area contributed by atoms with Gasteiger partial charge in [-0.25, -0.2) is 9.37 Å². The standard InChI is InChI=1S/C22H26FN3O2/c23-18-5-7-19(8-6-18)28-20-9-4-14(12-25-20)13-26-22(27)17-10-15-2-1-3-16(11-17)21(15)24/h4-9,12,15-17,21H,1-3,10-11,13,24H2,(H,26,27). The van der Waals surface area contributed by atoms with Gasteiger partial charge in [-0.3, -0.25) is 4.79 Å². The van der Waals surface area contributed by atoms with E-state index >= 15 is 0 Å². The number of hydrogen-bond donors (Lipinski definition) is 2. The lowest BCUT2D eigenvalue weighted by molar-refractivity contribution is -0.128. The smallest absolute Gasteiger partial charge is 0.223 e. The topological polar surface area (TPSA) is 77.2 Å². The normalized spacial score (nSPS) is 26.5. The summed E-state index contributed by atoms with van der Waals surface area (Å²) in [5.41, 5.74) is 7.23. The molecule has 2 fully saturated rings. The van der Waals surface area contributed by atoms with Crippen molar-refractivity contribution >= 4 is 5.91 Å². The highest BCUT2D eigenvalue weighted by Crippen LogP contribution is 2.41. The molecule has 2 atom stereocenters. The first-order chi connectivity index (χ1) is 13.6. The Labute approximate surface area is 164 Å². The lowest BCUT2D eigenvalue weighted by atomic mass is 9.65. The largest absolute Gasteiger partial charge is 0.439 e. The second-order valence-electron chi connectivity index (χ2n) is 7.98. The van der Waals surface area contributed by atoms with Gasteiger partial charge in [-0.15, -0.1) is 0 Å². The number of ether oxygens (including phenoxy) is 1. The highest BCUT2D eigenvalue weighted by atomic mass is 19.1. The average Bonchev–Trinajstić information content (AvgIpc) is 2.69. The fraction of sp³-hybridized carbons (Fsp3) is 0.455. The number of fused-ring (bicyclic) bond motifs is 2. The molecule has 1 heterocycles. The predicted molar refractivity (Wildman–Crippen MR) is 104 cm³/mol. The first kappa shape index (κ1) is 18.9. The van der Waals surface area contributed by atoms with E-state index in [0.29, 0.717) is 30.0 Å². The number of nitrogens with two attached hydrogens (primary N) is 1. The van der Waals surface area contributed by atoms with Gasteiger partial charge in [-0.1, -0.05) is 12.5 Å². The molecular formula is C22H26FN3O2. The summed E-state index contributed by atoms with van der Waals surface area (Å²) in [7, 11) is 0. The van der Waals surface area contributed by atoms with E-state index in [0.717, 1.165) is 31.2 Å². The fourth-order valence-corrected chi connectivity index (χ4v) is 4.54. The van der Waals surface area contributed by atoms with Gasteiger partial charge in [0.05, 0.1) is 0 Å². The van der Waals surface area contributed by atoms with E-state index in [1.165, 1.54) is 18.6 Å². The maximum absolute atomic E-state index is 12.9. The average molecular weight is 383 g/mol. The molecule has 2 saturated carbocycles. The monoisotopic (exact) mass is 383 g/mol. The van der Waals surface area contributed by atoms with Crippen LogP contribution in [0.1, 0.15) is 37.7 Å². The van der Waals surface area contributed by atoms with Crippen molar-refractivity contribution in [2.24, 2.45) is 23.5 Å². The second kappa shape index (κ2) is 8.27. The van der Waals surface area contributed by atoms with Crippen LogP contribution in [0.5, 0.6) is 11.6 Å². The predicted octanol–water partition coefficient (Wildman–Crippen LogP) is 3.78. The van der Waals surface area contributed by atoms with Crippen LogP contribution in [0, 0.1) is 23.6 Å². The molecule has 6 heteroatoms. The number of pyridine rings is 1. The third kappa shape index (κ3) is 4.33. The Morgan fingerprint density at radius 3 is 2.50 bits per heavy atom. The number of nitrogens with one attached hydrogen (secondary N) is 1. The summed E-state index contributed by atoms with van der Waals surface area (Å²) >= 11 is 0. The molecule has 2 unspecified atom stereocenters. The van der Waals surface area contributed by atoms with Crippen LogP contribution in [-0.4, -0.2) is 16.9 Å².